The van der Waals surface area contributed by atoms with E-state index in [9.17, 15) is 21.6 Å². The maximum atomic E-state index is 12.5. The molecule has 0 atom stereocenters. The lowest BCUT2D eigenvalue weighted by Crippen LogP contribution is -2.39. The van der Waals surface area contributed by atoms with Crippen molar-refractivity contribution in [2.75, 3.05) is 6.54 Å². The summed E-state index contributed by atoms with van der Waals surface area (Å²) in [6.45, 7) is 0.974. The fourth-order valence-electron chi connectivity index (χ4n) is 2.36. The molecule has 27 heavy (non-hydrogen) atoms. The maximum Gasteiger partial charge on any atom is 0.485 e. The van der Waals surface area contributed by atoms with Gasteiger partial charge in [-0.3, -0.25) is 0 Å². The molecule has 1 aliphatic heterocycles. The third-order valence-corrected chi connectivity index (χ3v) is 6.00. The Labute approximate surface area is 154 Å². The third-order valence-electron chi connectivity index (χ3n) is 3.72. The van der Waals surface area contributed by atoms with Gasteiger partial charge in [0.15, 0.2) is 10.1 Å². The molecule has 13 heteroatoms. The molecule has 0 bridgehead atoms. The van der Waals surface area contributed by atoms with Gasteiger partial charge in [-0.2, -0.15) is 25.9 Å². The zero-order chi connectivity index (χ0) is 20.5. The monoisotopic (exact) mass is 427 g/mol. The van der Waals surface area contributed by atoms with Crippen LogP contribution in [0.2, 0.25) is 0 Å². The molecule has 0 N–H and O–H groups in total. The van der Waals surface area contributed by atoms with Crippen LogP contribution in [0.3, 0.4) is 0 Å². The Morgan fingerprint density at radius 3 is 2.15 bits per heavy atom. The van der Waals surface area contributed by atoms with Crippen molar-refractivity contribution >= 4 is 20.3 Å². The number of aryl methyl sites for hydroxylation is 1. The van der Waals surface area contributed by atoms with Gasteiger partial charge in [0.25, 0.3) is 6.33 Å². The molecule has 0 radical (unpaired) electrons. The number of nitrogens with zero attached hydrogens (tertiary/aromatic N) is 3. The number of fused-ring (bicyclic) bond motifs is 1. The van der Waals surface area contributed by atoms with E-state index in [0.29, 0.717) is 13.1 Å². The zero-order valence-corrected chi connectivity index (χ0v) is 15.6. The highest BCUT2D eigenvalue weighted by Gasteiger charge is 2.37. The summed E-state index contributed by atoms with van der Waals surface area (Å²) in [6.07, 6.45) is 5.62. The number of alkyl halides is 3. The quantitative estimate of drug-likeness (QED) is 0.395. The van der Waals surface area contributed by atoms with E-state index >= 15 is 0 Å². The average molecular weight is 427 g/mol. The van der Waals surface area contributed by atoms with Crippen LogP contribution in [-0.2, 0) is 40.3 Å². The van der Waals surface area contributed by atoms with E-state index < -0.39 is 25.8 Å². The lowest BCUT2D eigenvalue weighted by molar-refractivity contribution is -0.670. The summed E-state index contributed by atoms with van der Waals surface area (Å²) in [6, 6.07) is 8.00. The van der Waals surface area contributed by atoms with Crippen molar-refractivity contribution in [1.82, 2.24) is 8.28 Å². The molecule has 0 fully saturated rings. The first kappa shape index (κ1) is 21.3. The maximum absolute atomic E-state index is 12.5. The molecular formula is C14H16F3N3O5S2. The fourth-order valence-corrected chi connectivity index (χ4v) is 3.73. The average Bonchev–Trinajstić information content (AvgIpc) is 3.00. The molecule has 150 valence electrons. The molecule has 0 amide bonds. The van der Waals surface area contributed by atoms with E-state index in [1.807, 2.05) is 18.2 Å². The molecule has 1 aromatic carbocycles. The second-order valence-electron chi connectivity index (χ2n) is 5.67. The minimum absolute atomic E-state index is 0.445. The zero-order valence-electron chi connectivity index (χ0n) is 14.0. The predicted molar refractivity (Wildman–Crippen MR) is 86.2 cm³/mol. The van der Waals surface area contributed by atoms with Crippen LogP contribution in [0.25, 0.3) is 0 Å². The molecule has 2 heterocycles. The van der Waals surface area contributed by atoms with Crippen molar-refractivity contribution in [2.24, 2.45) is 7.05 Å². The molecule has 8 nitrogen and oxygen atoms in total. The normalized spacial score (nSPS) is 15.6. The number of halogens is 3. The van der Waals surface area contributed by atoms with E-state index in [2.05, 4.69) is 6.07 Å². The fraction of sp³-hybridized carbons (Fsp3) is 0.357. The smallest absolute Gasteiger partial charge is 0.485 e. The highest BCUT2D eigenvalue weighted by atomic mass is 32.2. The van der Waals surface area contributed by atoms with Gasteiger partial charge in [-0.25, -0.2) is 13.0 Å². The van der Waals surface area contributed by atoms with E-state index in [1.165, 1.54) is 13.8 Å². The van der Waals surface area contributed by atoms with Gasteiger partial charge in [0.05, 0.1) is 7.05 Å². The van der Waals surface area contributed by atoms with Gasteiger partial charge in [-0.1, -0.05) is 24.3 Å². The van der Waals surface area contributed by atoms with Gasteiger partial charge in [-0.05, 0) is 17.5 Å². The van der Waals surface area contributed by atoms with E-state index in [0.717, 1.165) is 12.0 Å². The summed E-state index contributed by atoms with van der Waals surface area (Å²) in [5.41, 5.74) is -3.31. The topological polar surface area (TPSA) is 103 Å². The number of imidazole rings is 1. The molecule has 1 aromatic heterocycles. The van der Waals surface area contributed by atoms with Gasteiger partial charge in [-0.15, -0.1) is 3.97 Å². The summed E-state index contributed by atoms with van der Waals surface area (Å²) >= 11 is 0. The molecule has 0 spiro atoms. The molecule has 0 unspecified atom stereocenters. The first-order valence-corrected chi connectivity index (χ1v) is 10.3. The molecule has 1 aliphatic rings. The highest BCUT2D eigenvalue weighted by Crippen LogP contribution is 2.21. The molecule has 0 saturated carbocycles. The van der Waals surface area contributed by atoms with Gasteiger partial charge >= 0.3 is 15.7 Å². The Balaban J connectivity index is 0.000000279. The molecule has 0 saturated heterocycles. The second kappa shape index (κ2) is 7.58. The van der Waals surface area contributed by atoms with Crippen LogP contribution in [0.4, 0.5) is 13.2 Å². The van der Waals surface area contributed by atoms with E-state index in [-0.39, 0.29) is 0 Å². The number of hydrogen-bond donors (Lipinski definition) is 0. The molecule has 2 aromatic rings. The van der Waals surface area contributed by atoms with Crippen LogP contribution in [0.5, 0.6) is 0 Å². The SMILES string of the molecule is C[n+]1ccn(S(=O)(=O)N2CCc3ccccc3C2)c1.O=S(=O)([O-])C(F)(F)F. The Bertz CT molecular complexity index is 1020. The number of aromatic nitrogens is 2. The first-order valence-electron chi connectivity index (χ1n) is 7.45. The predicted octanol–water partition coefficient (Wildman–Crippen LogP) is 0.515. The van der Waals surface area contributed by atoms with Crippen molar-refractivity contribution in [3.63, 3.8) is 0 Å². The Hall–Kier alpha value is -1.96. The standard InChI is InChI=1S/C13H16N3O2S.CHF3O3S/c1-14-8-9-16(11-14)19(17,18)15-7-6-12-4-2-3-5-13(12)10-15;2-1(3,4)8(5,6)7/h2-5,8-9,11H,6-7,10H2,1H3;(H,5,6,7)/q+1;/p-1. The summed E-state index contributed by atoms with van der Waals surface area (Å²) in [5.74, 6) is 0. The largest absolute Gasteiger partial charge is 0.741 e. The minimum Gasteiger partial charge on any atom is -0.741 e. The minimum atomic E-state index is -6.09. The number of benzene rings is 1. The van der Waals surface area contributed by atoms with Crippen molar-refractivity contribution in [2.45, 2.75) is 18.5 Å². The highest BCUT2D eigenvalue weighted by molar-refractivity contribution is 7.87. The van der Waals surface area contributed by atoms with Gasteiger partial charge in [0.2, 0.25) is 0 Å². The second-order valence-corrected chi connectivity index (χ2v) is 8.87. The van der Waals surface area contributed by atoms with Crippen LogP contribution in [0.15, 0.2) is 43.0 Å². The number of rotatable bonds is 2. The van der Waals surface area contributed by atoms with Gasteiger partial charge in [0.1, 0.15) is 12.4 Å². The van der Waals surface area contributed by atoms with Crippen molar-refractivity contribution in [3.05, 3.63) is 54.1 Å². The third kappa shape index (κ3) is 5.06. The Kier molecular flexibility index (Phi) is 5.99. The molecule has 0 aliphatic carbocycles. The first-order chi connectivity index (χ1) is 12.3. The van der Waals surface area contributed by atoms with E-state index in [1.54, 1.807) is 30.3 Å². The lowest BCUT2D eigenvalue weighted by Gasteiger charge is -2.25. The Morgan fingerprint density at radius 1 is 1.11 bits per heavy atom. The Morgan fingerprint density at radius 2 is 1.67 bits per heavy atom. The van der Waals surface area contributed by atoms with Crippen LogP contribution in [-0.4, -0.2) is 41.7 Å². The summed E-state index contributed by atoms with van der Waals surface area (Å²) in [4.78, 5) is 0. The molecular weight excluding hydrogens is 411 g/mol. The van der Waals surface area contributed by atoms with Crippen LogP contribution in [0.1, 0.15) is 11.1 Å². The van der Waals surface area contributed by atoms with Crippen molar-refractivity contribution in [1.29, 1.82) is 0 Å². The van der Waals surface area contributed by atoms with Crippen LogP contribution >= 0.6 is 0 Å². The summed E-state index contributed by atoms with van der Waals surface area (Å²) < 4.78 is 88.4. The summed E-state index contributed by atoms with van der Waals surface area (Å²) in [7, 11) is -7.74. The number of hydrogen-bond acceptors (Lipinski definition) is 5. The van der Waals surface area contributed by atoms with Gasteiger partial charge in [0, 0.05) is 13.1 Å². The lowest BCUT2D eigenvalue weighted by atomic mass is 10.0. The van der Waals surface area contributed by atoms with Crippen LogP contribution < -0.4 is 4.57 Å². The van der Waals surface area contributed by atoms with Crippen molar-refractivity contribution in [3.8, 4) is 0 Å². The van der Waals surface area contributed by atoms with E-state index in [4.69, 9.17) is 13.0 Å². The van der Waals surface area contributed by atoms with Crippen LogP contribution in [0, 0.1) is 0 Å². The van der Waals surface area contributed by atoms with Gasteiger partial charge < -0.3 is 4.55 Å². The molecule has 3 rings (SSSR count). The van der Waals surface area contributed by atoms with Crippen molar-refractivity contribution < 1.29 is 39.1 Å². The summed E-state index contributed by atoms with van der Waals surface area (Å²) in [5, 5.41) is 0.